The van der Waals surface area contributed by atoms with Crippen LogP contribution < -0.4 is 5.32 Å². The maximum Gasteiger partial charge on any atom is 0.268 e. The summed E-state index contributed by atoms with van der Waals surface area (Å²) in [5.41, 5.74) is 1.54. The summed E-state index contributed by atoms with van der Waals surface area (Å²) in [5.74, 6) is 0.764. The van der Waals surface area contributed by atoms with Gasteiger partial charge in [0.05, 0.1) is 5.69 Å². The lowest BCUT2D eigenvalue weighted by atomic mass is 10.3. The Morgan fingerprint density at radius 3 is 2.92 bits per heavy atom. The van der Waals surface area contributed by atoms with Gasteiger partial charge in [0, 0.05) is 36.4 Å². The molecule has 9 heteroatoms. The Bertz CT molecular complexity index is 1040. The summed E-state index contributed by atoms with van der Waals surface area (Å²) in [7, 11) is 0. The van der Waals surface area contributed by atoms with Crippen molar-refractivity contribution in [2.24, 2.45) is 0 Å². The maximum absolute atomic E-state index is 12.6. The lowest BCUT2D eigenvalue weighted by Gasteiger charge is -2.05. The smallest absolute Gasteiger partial charge is 0.268 e. The second-order valence-corrected chi connectivity index (χ2v) is 6.36. The number of carbonyl (C=O) groups excluding carboxylic acids is 1. The van der Waals surface area contributed by atoms with Crippen molar-refractivity contribution in [3.8, 4) is 16.4 Å². The highest BCUT2D eigenvalue weighted by Crippen LogP contribution is 2.27. The summed E-state index contributed by atoms with van der Waals surface area (Å²) in [6.45, 7) is 1.81. The lowest BCUT2D eigenvalue weighted by molar-refractivity contribution is 0.102. The number of imidazole rings is 1. The lowest BCUT2D eigenvalue weighted by Crippen LogP contribution is -2.13. The molecule has 4 aromatic rings. The highest BCUT2D eigenvalue weighted by Gasteiger charge is 2.17. The van der Waals surface area contributed by atoms with Gasteiger partial charge in [0.15, 0.2) is 0 Å². The largest absolute Gasteiger partial charge is 0.306 e. The Morgan fingerprint density at radius 1 is 1.23 bits per heavy atom. The Labute approximate surface area is 152 Å². The van der Waals surface area contributed by atoms with Gasteiger partial charge in [-0.1, -0.05) is 0 Å². The monoisotopic (exact) mass is 363 g/mol. The van der Waals surface area contributed by atoms with Crippen molar-refractivity contribution >= 4 is 23.1 Å². The van der Waals surface area contributed by atoms with Gasteiger partial charge in [0.25, 0.3) is 5.91 Å². The zero-order valence-corrected chi connectivity index (χ0v) is 14.5. The van der Waals surface area contributed by atoms with Gasteiger partial charge in [0.1, 0.15) is 34.2 Å². The van der Waals surface area contributed by atoms with Gasteiger partial charge in [-0.3, -0.25) is 14.3 Å². The summed E-state index contributed by atoms with van der Waals surface area (Å²) in [6.07, 6.45) is 9.86. The molecule has 0 aliphatic heterocycles. The number of carbonyl (C=O) groups is 1. The average Bonchev–Trinajstić information content (AvgIpc) is 3.32. The molecule has 1 N–H and O–H groups in total. The number of hydrogen-bond donors (Lipinski definition) is 1. The molecule has 0 radical (unpaired) electrons. The summed E-state index contributed by atoms with van der Waals surface area (Å²) >= 11 is 1.32. The normalized spacial score (nSPS) is 10.7. The molecule has 0 bridgehead atoms. The SMILES string of the molecule is Cc1nc(-c2cccnc2)sc1C(=O)Nc1cc(-n2ccnc2)ncn1. The van der Waals surface area contributed by atoms with Crippen LogP contribution in [0, 0.1) is 6.92 Å². The zero-order valence-electron chi connectivity index (χ0n) is 13.7. The van der Waals surface area contributed by atoms with Crippen molar-refractivity contribution in [2.45, 2.75) is 6.92 Å². The second-order valence-electron chi connectivity index (χ2n) is 5.36. The minimum absolute atomic E-state index is 0.259. The molecule has 8 nitrogen and oxygen atoms in total. The number of amides is 1. The molecule has 1 amide bonds. The van der Waals surface area contributed by atoms with E-state index in [9.17, 15) is 4.79 Å². The van der Waals surface area contributed by atoms with E-state index in [1.54, 1.807) is 41.7 Å². The standard InChI is InChI=1S/C17H13N7OS/c1-11-15(26-17(22-11)12-3-2-4-18-8-12)16(25)23-13-7-14(21-9-20-13)24-6-5-19-10-24/h2-10H,1H3,(H,20,21,23,25). The fourth-order valence-corrected chi connectivity index (χ4v) is 3.30. The maximum atomic E-state index is 12.6. The van der Waals surface area contributed by atoms with Crippen molar-refractivity contribution in [3.05, 3.63) is 66.2 Å². The Morgan fingerprint density at radius 2 is 2.15 bits per heavy atom. The van der Waals surface area contributed by atoms with Crippen LogP contribution in [0.5, 0.6) is 0 Å². The molecule has 4 aromatic heterocycles. The van der Waals surface area contributed by atoms with Crippen LogP contribution >= 0.6 is 11.3 Å². The third-order valence-corrected chi connectivity index (χ3v) is 4.78. The molecule has 0 aliphatic carbocycles. The van der Waals surface area contributed by atoms with Crippen LogP contribution in [0.2, 0.25) is 0 Å². The minimum Gasteiger partial charge on any atom is -0.306 e. The van der Waals surface area contributed by atoms with Crippen molar-refractivity contribution in [1.82, 2.24) is 29.5 Å². The molecule has 0 atom stereocenters. The van der Waals surface area contributed by atoms with Crippen LogP contribution in [0.1, 0.15) is 15.4 Å². The number of pyridine rings is 1. The predicted octanol–water partition coefficient (Wildman–Crippen LogP) is 2.74. The van der Waals surface area contributed by atoms with E-state index in [1.807, 2.05) is 19.1 Å². The predicted molar refractivity (Wildman–Crippen MR) is 97.2 cm³/mol. The van der Waals surface area contributed by atoms with E-state index in [-0.39, 0.29) is 5.91 Å². The summed E-state index contributed by atoms with van der Waals surface area (Å²) < 4.78 is 1.73. The van der Waals surface area contributed by atoms with Gasteiger partial charge in [-0.2, -0.15) is 0 Å². The molecular formula is C17H13N7OS. The topological polar surface area (TPSA) is 98.5 Å². The molecule has 26 heavy (non-hydrogen) atoms. The Kier molecular flexibility index (Phi) is 4.20. The molecule has 0 aliphatic rings. The first-order chi connectivity index (χ1) is 12.7. The minimum atomic E-state index is -0.259. The first-order valence-electron chi connectivity index (χ1n) is 7.70. The van der Waals surface area contributed by atoms with E-state index in [0.717, 1.165) is 10.6 Å². The fraction of sp³-hybridized carbons (Fsp3) is 0.0588. The molecule has 0 saturated carbocycles. The van der Waals surface area contributed by atoms with E-state index < -0.39 is 0 Å². The number of nitrogens with zero attached hydrogens (tertiary/aromatic N) is 6. The first kappa shape index (κ1) is 16.0. The highest BCUT2D eigenvalue weighted by atomic mass is 32.1. The van der Waals surface area contributed by atoms with Gasteiger partial charge in [-0.25, -0.2) is 19.9 Å². The Hall–Kier alpha value is -3.46. The molecule has 0 aromatic carbocycles. The van der Waals surface area contributed by atoms with Gasteiger partial charge in [0.2, 0.25) is 0 Å². The van der Waals surface area contributed by atoms with Crippen LogP contribution in [0.25, 0.3) is 16.4 Å². The van der Waals surface area contributed by atoms with Crippen LogP contribution in [-0.2, 0) is 0 Å². The van der Waals surface area contributed by atoms with E-state index >= 15 is 0 Å². The van der Waals surface area contributed by atoms with Gasteiger partial charge in [-0.05, 0) is 19.1 Å². The summed E-state index contributed by atoms with van der Waals surface area (Å²) in [5, 5.41) is 3.55. The van der Waals surface area contributed by atoms with Crippen LogP contribution in [0.15, 0.2) is 55.6 Å². The van der Waals surface area contributed by atoms with Crippen molar-refractivity contribution in [3.63, 3.8) is 0 Å². The second kappa shape index (κ2) is 6.81. The fourth-order valence-electron chi connectivity index (χ4n) is 2.34. The Balaban J connectivity index is 1.58. The highest BCUT2D eigenvalue weighted by molar-refractivity contribution is 7.17. The number of thiazole rings is 1. The van der Waals surface area contributed by atoms with Crippen molar-refractivity contribution in [1.29, 1.82) is 0 Å². The van der Waals surface area contributed by atoms with E-state index in [2.05, 4.69) is 30.2 Å². The molecule has 4 heterocycles. The summed E-state index contributed by atoms with van der Waals surface area (Å²) in [4.78, 5) is 34.0. The van der Waals surface area contributed by atoms with E-state index in [1.165, 1.54) is 17.7 Å². The molecular weight excluding hydrogens is 350 g/mol. The number of aryl methyl sites for hydroxylation is 1. The third kappa shape index (κ3) is 3.20. The molecule has 4 rings (SSSR count). The molecule has 0 spiro atoms. The van der Waals surface area contributed by atoms with Crippen LogP contribution in [-0.4, -0.2) is 35.4 Å². The number of hydrogen-bond acceptors (Lipinski definition) is 7. The van der Waals surface area contributed by atoms with Crippen LogP contribution in [0.3, 0.4) is 0 Å². The van der Waals surface area contributed by atoms with E-state index in [4.69, 9.17) is 0 Å². The zero-order chi connectivity index (χ0) is 17.9. The average molecular weight is 363 g/mol. The molecule has 0 unspecified atom stereocenters. The molecule has 0 saturated heterocycles. The molecule has 0 fully saturated rings. The first-order valence-corrected chi connectivity index (χ1v) is 8.52. The van der Waals surface area contributed by atoms with Gasteiger partial charge in [-0.15, -0.1) is 11.3 Å². The third-order valence-electron chi connectivity index (χ3n) is 3.57. The van der Waals surface area contributed by atoms with E-state index in [0.29, 0.717) is 22.2 Å². The van der Waals surface area contributed by atoms with Crippen molar-refractivity contribution in [2.75, 3.05) is 5.32 Å². The number of anilines is 1. The molecule has 128 valence electrons. The van der Waals surface area contributed by atoms with Crippen molar-refractivity contribution < 1.29 is 4.79 Å². The van der Waals surface area contributed by atoms with Gasteiger partial charge >= 0.3 is 0 Å². The number of aromatic nitrogens is 6. The van der Waals surface area contributed by atoms with Crippen LogP contribution in [0.4, 0.5) is 5.82 Å². The quantitative estimate of drug-likeness (QED) is 0.599. The van der Waals surface area contributed by atoms with Gasteiger partial charge < -0.3 is 5.32 Å². The summed E-state index contributed by atoms with van der Waals surface area (Å²) in [6, 6.07) is 5.43. The number of rotatable bonds is 4. The number of nitrogens with one attached hydrogen (secondary N) is 1.